The maximum Gasteiger partial charge on any atom is 0.221 e. The first-order valence-electron chi connectivity index (χ1n) is 5.21. The van der Waals surface area contributed by atoms with Crippen LogP contribution < -0.4 is 5.32 Å². The second-order valence-corrected chi connectivity index (χ2v) is 3.41. The van der Waals surface area contributed by atoms with E-state index in [1.165, 1.54) is 6.92 Å². The molecule has 3 heteroatoms. The minimum Gasteiger partial charge on any atom is -0.326 e. The first kappa shape index (κ1) is 12.2. The Morgan fingerprint density at radius 3 is 2.50 bits per heavy atom. The third-order valence-electron chi connectivity index (χ3n) is 2.03. The van der Waals surface area contributed by atoms with Gasteiger partial charge in [-0.15, -0.1) is 0 Å². The summed E-state index contributed by atoms with van der Waals surface area (Å²) in [6.45, 7) is 1.47. The van der Waals surface area contributed by atoms with Crippen LogP contribution in [0.5, 0.6) is 0 Å². The fraction of sp³-hybridized carbons (Fsp3) is 0.231. The second kappa shape index (κ2) is 6.56. The van der Waals surface area contributed by atoms with Crippen molar-refractivity contribution in [2.75, 3.05) is 0 Å². The molecule has 1 N–H and O–H groups in total. The monoisotopic (exact) mass is 217 g/mol. The predicted molar refractivity (Wildman–Crippen MR) is 63.5 cm³/mol. The number of rotatable bonds is 5. The van der Waals surface area contributed by atoms with Crippen LogP contribution in [-0.4, -0.2) is 12.2 Å². The quantitative estimate of drug-likeness (QED) is 0.606. The predicted octanol–water partition coefficient (Wildman–Crippen LogP) is 2.14. The number of benzene rings is 1. The van der Waals surface area contributed by atoms with E-state index in [1.807, 2.05) is 36.4 Å². The molecule has 1 aromatic carbocycles. The molecule has 0 fully saturated rings. The van der Waals surface area contributed by atoms with E-state index >= 15 is 0 Å². The standard InChI is InChI=1S/C13H15NO2/c1-11(16)14-13(9-5-6-10-15)12-7-3-2-4-8-12/h2-4,7-10H,5-6H2,1H3,(H,14,16)/b13-9-. The van der Waals surface area contributed by atoms with Gasteiger partial charge in [-0.1, -0.05) is 36.4 Å². The molecule has 16 heavy (non-hydrogen) atoms. The van der Waals surface area contributed by atoms with Crippen molar-refractivity contribution < 1.29 is 9.59 Å². The lowest BCUT2D eigenvalue weighted by molar-refractivity contribution is -0.117. The van der Waals surface area contributed by atoms with E-state index in [-0.39, 0.29) is 5.91 Å². The zero-order chi connectivity index (χ0) is 11.8. The number of amides is 1. The molecule has 0 saturated carbocycles. The summed E-state index contributed by atoms with van der Waals surface area (Å²) >= 11 is 0. The number of nitrogens with one attached hydrogen (secondary N) is 1. The van der Waals surface area contributed by atoms with Crippen LogP contribution in [-0.2, 0) is 9.59 Å². The van der Waals surface area contributed by atoms with Gasteiger partial charge in [0.15, 0.2) is 0 Å². The van der Waals surface area contributed by atoms with Gasteiger partial charge in [0.1, 0.15) is 6.29 Å². The third kappa shape index (κ3) is 4.09. The van der Waals surface area contributed by atoms with Crippen molar-refractivity contribution in [3.63, 3.8) is 0 Å². The lowest BCUT2D eigenvalue weighted by Gasteiger charge is -2.08. The van der Waals surface area contributed by atoms with E-state index in [9.17, 15) is 9.59 Å². The van der Waals surface area contributed by atoms with Crippen LogP contribution in [0.3, 0.4) is 0 Å². The Morgan fingerprint density at radius 2 is 1.94 bits per heavy atom. The van der Waals surface area contributed by atoms with Crippen LogP contribution in [0.15, 0.2) is 36.4 Å². The van der Waals surface area contributed by atoms with Crippen LogP contribution in [0.25, 0.3) is 5.70 Å². The van der Waals surface area contributed by atoms with Crippen LogP contribution in [0.2, 0.25) is 0 Å². The zero-order valence-corrected chi connectivity index (χ0v) is 9.27. The SMILES string of the molecule is CC(=O)N/C(=C\CCC=O)c1ccccc1. The number of allylic oxidation sites excluding steroid dienone is 1. The number of carbonyl (C=O) groups is 2. The van der Waals surface area contributed by atoms with Crippen molar-refractivity contribution in [3.8, 4) is 0 Å². The summed E-state index contributed by atoms with van der Waals surface area (Å²) in [5.41, 5.74) is 1.71. The minimum atomic E-state index is -0.110. The summed E-state index contributed by atoms with van der Waals surface area (Å²) in [4.78, 5) is 21.3. The largest absolute Gasteiger partial charge is 0.326 e. The molecule has 0 atom stereocenters. The maximum absolute atomic E-state index is 11.0. The van der Waals surface area contributed by atoms with E-state index in [2.05, 4.69) is 5.32 Å². The van der Waals surface area contributed by atoms with Crippen molar-refractivity contribution in [1.82, 2.24) is 5.32 Å². The second-order valence-electron chi connectivity index (χ2n) is 3.41. The van der Waals surface area contributed by atoms with Crippen LogP contribution in [0.4, 0.5) is 0 Å². The molecule has 1 aromatic rings. The average molecular weight is 217 g/mol. The third-order valence-corrected chi connectivity index (χ3v) is 2.03. The summed E-state index contributed by atoms with van der Waals surface area (Å²) in [6.07, 6.45) is 3.84. The molecular weight excluding hydrogens is 202 g/mol. The number of aldehydes is 1. The average Bonchev–Trinajstić information content (AvgIpc) is 2.29. The van der Waals surface area contributed by atoms with Gasteiger partial charge in [-0.05, 0) is 12.0 Å². The van der Waals surface area contributed by atoms with Gasteiger partial charge in [0.05, 0.1) is 0 Å². The molecule has 0 heterocycles. The van der Waals surface area contributed by atoms with Gasteiger partial charge in [-0.2, -0.15) is 0 Å². The normalized spacial score (nSPS) is 10.9. The molecule has 0 spiro atoms. The molecule has 1 amide bonds. The van der Waals surface area contributed by atoms with Gasteiger partial charge in [0.25, 0.3) is 0 Å². The van der Waals surface area contributed by atoms with E-state index in [0.29, 0.717) is 12.8 Å². The summed E-state index contributed by atoms with van der Waals surface area (Å²) in [7, 11) is 0. The van der Waals surface area contributed by atoms with Crippen LogP contribution in [0, 0.1) is 0 Å². The van der Waals surface area contributed by atoms with Crippen molar-refractivity contribution >= 4 is 17.9 Å². The van der Waals surface area contributed by atoms with Crippen molar-refractivity contribution in [1.29, 1.82) is 0 Å². The first-order chi connectivity index (χ1) is 7.74. The van der Waals surface area contributed by atoms with Crippen molar-refractivity contribution in [3.05, 3.63) is 42.0 Å². The molecule has 0 radical (unpaired) electrons. The Balaban J connectivity index is 2.82. The summed E-state index contributed by atoms with van der Waals surface area (Å²) < 4.78 is 0. The van der Waals surface area contributed by atoms with Gasteiger partial charge >= 0.3 is 0 Å². The van der Waals surface area contributed by atoms with E-state index in [4.69, 9.17) is 0 Å². The number of hydrogen-bond donors (Lipinski definition) is 1. The minimum absolute atomic E-state index is 0.110. The number of hydrogen-bond acceptors (Lipinski definition) is 2. The first-order valence-corrected chi connectivity index (χ1v) is 5.21. The Morgan fingerprint density at radius 1 is 1.25 bits per heavy atom. The van der Waals surface area contributed by atoms with E-state index in [0.717, 1.165) is 17.5 Å². The molecule has 0 saturated heterocycles. The van der Waals surface area contributed by atoms with Crippen LogP contribution in [0.1, 0.15) is 25.3 Å². The van der Waals surface area contributed by atoms with E-state index in [1.54, 1.807) is 0 Å². The molecule has 0 unspecified atom stereocenters. The van der Waals surface area contributed by atoms with E-state index < -0.39 is 0 Å². The molecular formula is C13H15NO2. The Bertz CT molecular complexity index is 382. The number of unbranched alkanes of at least 4 members (excludes halogenated alkanes) is 1. The highest BCUT2D eigenvalue weighted by Gasteiger charge is 2.01. The molecule has 0 aromatic heterocycles. The van der Waals surface area contributed by atoms with Gasteiger partial charge in [-0.3, -0.25) is 4.79 Å². The van der Waals surface area contributed by atoms with Gasteiger partial charge < -0.3 is 10.1 Å². The molecule has 0 aliphatic heterocycles. The highest BCUT2D eigenvalue weighted by atomic mass is 16.1. The summed E-state index contributed by atoms with van der Waals surface area (Å²) in [5.74, 6) is -0.110. The molecule has 0 aliphatic rings. The molecule has 1 rings (SSSR count). The molecule has 3 nitrogen and oxygen atoms in total. The van der Waals surface area contributed by atoms with Gasteiger partial charge in [0, 0.05) is 19.0 Å². The lowest BCUT2D eigenvalue weighted by atomic mass is 10.1. The molecule has 84 valence electrons. The zero-order valence-electron chi connectivity index (χ0n) is 9.27. The maximum atomic E-state index is 11.0. The Hall–Kier alpha value is -1.90. The highest BCUT2D eigenvalue weighted by Crippen LogP contribution is 2.12. The Kier molecular flexibility index (Phi) is 4.99. The number of carbonyl (C=O) groups excluding carboxylic acids is 2. The van der Waals surface area contributed by atoms with Gasteiger partial charge in [0.2, 0.25) is 5.91 Å². The highest BCUT2D eigenvalue weighted by molar-refractivity contribution is 5.84. The van der Waals surface area contributed by atoms with Crippen molar-refractivity contribution in [2.24, 2.45) is 0 Å². The molecule has 0 bridgehead atoms. The molecule has 0 aliphatic carbocycles. The van der Waals surface area contributed by atoms with Gasteiger partial charge in [-0.25, -0.2) is 0 Å². The Labute approximate surface area is 95.2 Å². The fourth-order valence-electron chi connectivity index (χ4n) is 1.34. The summed E-state index contributed by atoms with van der Waals surface area (Å²) in [6, 6.07) is 9.57. The fourth-order valence-corrected chi connectivity index (χ4v) is 1.34. The lowest BCUT2D eigenvalue weighted by Crippen LogP contribution is -2.18. The van der Waals surface area contributed by atoms with Crippen LogP contribution >= 0.6 is 0 Å². The topological polar surface area (TPSA) is 46.2 Å². The smallest absolute Gasteiger partial charge is 0.221 e. The van der Waals surface area contributed by atoms with Crippen molar-refractivity contribution in [2.45, 2.75) is 19.8 Å². The summed E-state index contributed by atoms with van der Waals surface area (Å²) in [5, 5.41) is 2.76.